The number of aliphatic hydroxyl groups is 1. The average Bonchev–Trinajstić information content (AvgIpc) is 2.53. The molecule has 1 aliphatic rings. The second-order valence-electron chi connectivity index (χ2n) is 5.60. The van der Waals surface area contributed by atoms with Gasteiger partial charge in [0.2, 0.25) is 5.91 Å². The topological polar surface area (TPSA) is 52.6 Å². The van der Waals surface area contributed by atoms with Crippen molar-refractivity contribution in [3.63, 3.8) is 0 Å². The highest BCUT2D eigenvalue weighted by molar-refractivity contribution is 5.91. The predicted octanol–water partition coefficient (Wildman–Crippen LogP) is 1.80. The summed E-state index contributed by atoms with van der Waals surface area (Å²) in [7, 11) is 0. The molecule has 1 amide bonds. The quantitative estimate of drug-likeness (QED) is 0.622. The molecule has 1 heterocycles. The van der Waals surface area contributed by atoms with Crippen LogP contribution in [-0.2, 0) is 4.79 Å². The van der Waals surface area contributed by atoms with Gasteiger partial charge >= 0.3 is 0 Å². The van der Waals surface area contributed by atoms with Crippen LogP contribution in [0.25, 0.3) is 6.08 Å². The number of carbonyl (C=O) groups is 1. The van der Waals surface area contributed by atoms with Gasteiger partial charge in [0.05, 0.1) is 6.10 Å². The minimum Gasteiger partial charge on any atom is -0.393 e. The Balaban J connectivity index is 1.60. The first-order valence-corrected chi connectivity index (χ1v) is 7.75. The number of hydrogen-bond donors (Lipinski definition) is 2. The van der Waals surface area contributed by atoms with Crippen LogP contribution in [0.5, 0.6) is 0 Å². The number of nitrogens with zero attached hydrogens (tertiary/aromatic N) is 1. The minimum absolute atomic E-state index is 0.140. The van der Waals surface area contributed by atoms with E-state index in [4.69, 9.17) is 0 Å². The third-order valence-corrected chi connectivity index (χ3v) is 3.80. The molecule has 1 aromatic carbocycles. The molecular weight excluding hydrogens is 283 g/mol. The monoisotopic (exact) mass is 306 g/mol. The van der Waals surface area contributed by atoms with Gasteiger partial charge in [-0.15, -0.1) is 0 Å². The van der Waals surface area contributed by atoms with Gasteiger partial charge in [-0.2, -0.15) is 0 Å². The molecule has 1 aliphatic heterocycles. The third-order valence-electron chi connectivity index (χ3n) is 3.80. The Bertz CT molecular complexity index is 494. The normalized spacial score (nSPS) is 17.0. The summed E-state index contributed by atoms with van der Waals surface area (Å²) in [5.74, 6) is -0.426. The summed E-state index contributed by atoms with van der Waals surface area (Å²) in [5.41, 5.74) is 0.795. The molecule has 0 radical (unpaired) electrons. The Kier molecular flexibility index (Phi) is 6.55. The summed E-state index contributed by atoms with van der Waals surface area (Å²) in [5, 5.41) is 12.3. The summed E-state index contributed by atoms with van der Waals surface area (Å²) in [6, 6.07) is 5.99. The molecule has 5 heteroatoms. The number of halogens is 1. The molecule has 0 aliphatic carbocycles. The average molecular weight is 306 g/mol. The molecule has 120 valence electrons. The highest BCUT2D eigenvalue weighted by Gasteiger charge is 2.15. The fourth-order valence-corrected chi connectivity index (χ4v) is 2.46. The minimum atomic E-state index is -0.285. The van der Waals surface area contributed by atoms with Crippen molar-refractivity contribution in [2.45, 2.75) is 25.4 Å². The Hall–Kier alpha value is -1.72. The Morgan fingerprint density at radius 3 is 2.68 bits per heavy atom. The molecule has 0 aromatic heterocycles. The summed E-state index contributed by atoms with van der Waals surface area (Å²) in [6.07, 6.45) is 5.56. The van der Waals surface area contributed by atoms with Gasteiger partial charge < -0.3 is 15.3 Å². The van der Waals surface area contributed by atoms with Crippen LogP contribution in [0.1, 0.15) is 24.8 Å². The second kappa shape index (κ2) is 8.66. The van der Waals surface area contributed by atoms with E-state index in [0.717, 1.165) is 44.5 Å². The summed E-state index contributed by atoms with van der Waals surface area (Å²) in [4.78, 5) is 14.0. The number of likely N-dealkylation sites (tertiary alicyclic amines) is 1. The Morgan fingerprint density at radius 1 is 1.32 bits per heavy atom. The first kappa shape index (κ1) is 16.6. The van der Waals surface area contributed by atoms with E-state index in [1.807, 2.05) is 0 Å². The van der Waals surface area contributed by atoms with Crippen molar-refractivity contribution < 1.29 is 14.3 Å². The number of aliphatic hydroxyl groups excluding tert-OH is 1. The molecule has 0 atom stereocenters. The van der Waals surface area contributed by atoms with E-state index in [9.17, 15) is 14.3 Å². The molecule has 2 N–H and O–H groups in total. The molecular formula is C17H23FN2O2. The highest BCUT2D eigenvalue weighted by atomic mass is 19.1. The number of nitrogens with one attached hydrogen (secondary N) is 1. The SMILES string of the molecule is O=C(/C=C/c1ccc(F)cc1)NCCCN1CCC(O)CC1. The highest BCUT2D eigenvalue weighted by Crippen LogP contribution is 2.09. The first-order chi connectivity index (χ1) is 10.6. The van der Waals surface area contributed by atoms with Gasteiger partial charge in [-0.05, 0) is 49.6 Å². The maximum Gasteiger partial charge on any atom is 0.243 e. The van der Waals surface area contributed by atoms with Gasteiger partial charge in [0.25, 0.3) is 0 Å². The van der Waals surface area contributed by atoms with E-state index in [0.29, 0.717) is 6.54 Å². The van der Waals surface area contributed by atoms with Crippen LogP contribution in [0.4, 0.5) is 4.39 Å². The van der Waals surface area contributed by atoms with Crippen LogP contribution in [-0.4, -0.2) is 48.2 Å². The van der Waals surface area contributed by atoms with Gasteiger partial charge in [-0.1, -0.05) is 12.1 Å². The molecule has 0 spiro atoms. The maximum absolute atomic E-state index is 12.7. The third kappa shape index (κ3) is 5.95. The van der Waals surface area contributed by atoms with Crippen molar-refractivity contribution in [2.75, 3.05) is 26.2 Å². The zero-order valence-corrected chi connectivity index (χ0v) is 12.7. The van der Waals surface area contributed by atoms with Crippen LogP contribution < -0.4 is 5.32 Å². The van der Waals surface area contributed by atoms with Crippen molar-refractivity contribution in [2.24, 2.45) is 0 Å². The summed E-state index contributed by atoms with van der Waals surface area (Å²) in [6.45, 7) is 3.43. The summed E-state index contributed by atoms with van der Waals surface area (Å²) >= 11 is 0. The van der Waals surface area contributed by atoms with Crippen molar-refractivity contribution in [3.8, 4) is 0 Å². The van der Waals surface area contributed by atoms with E-state index in [2.05, 4.69) is 10.2 Å². The fourth-order valence-electron chi connectivity index (χ4n) is 2.46. The number of hydrogen-bond acceptors (Lipinski definition) is 3. The van der Waals surface area contributed by atoms with Crippen LogP contribution in [0.2, 0.25) is 0 Å². The maximum atomic E-state index is 12.7. The van der Waals surface area contributed by atoms with Gasteiger partial charge in [0, 0.05) is 25.7 Å². The summed E-state index contributed by atoms with van der Waals surface area (Å²) < 4.78 is 12.7. The number of benzene rings is 1. The standard InChI is InChI=1S/C17H23FN2O2/c18-15-5-2-14(3-6-15)4-7-17(22)19-10-1-11-20-12-8-16(21)9-13-20/h2-7,16,21H,1,8-13H2,(H,19,22)/b7-4+. The zero-order chi connectivity index (χ0) is 15.8. The van der Waals surface area contributed by atoms with Crippen molar-refractivity contribution in [1.82, 2.24) is 10.2 Å². The van der Waals surface area contributed by atoms with E-state index in [1.165, 1.54) is 18.2 Å². The van der Waals surface area contributed by atoms with E-state index in [1.54, 1.807) is 18.2 Å². The number of carbonyl (C=O) groups excluding carboxylic acids is 1. The van der Waals surface area contributed by atoms with E-state index in [-0.39, 0.29) is 17.8 Å². The zero-order valence-electron chi connectivity index (χ0n) is 12.7. The molecule has 1 fully saturated rings. The number of amides is 1. The Morgan fingerprint density at radius 2 is 2.00 bits per heavy atom. The lowest BCUT2D eigenvalue weighted by molar-refractivity contribution is -0.116. The lowest BCUT2D eigenvalue weighted by Crippen LogP contribution is -2.37. The molecule has 0 bridgehead atoms. The van der Waals surface area contributed by atoms with Crippen LogP contribution in [0.3, 0.4) is 0 Å². The van der Waals surface area contributed by atoms with Crippen LogP contribution >= 0.6 is 0 Å². The number of piperidine rings is 1. The van der Waals surface area contributed by atoms with Gasteiger partial charge in [-0.25, -0.2) is 4.39 Å². The van der Waals surface area contributed by atoms with Gasteiger partial charge in [-0.3, -0.25) is 4.79 Å². The van der Waals surface area contributed by atoms with Crippen LogP contribution in [0, 0.1) is 5.82 Å². The molecule has 0 saturated carbocycles. The molecule has 0 unspecified atom stereocenters. The predicted molar refractivity (Wildman–Crippen MR) is 84.7 cm³/mol. The van der Waals surface area contributed by atoms with Gasteiger partial charge in [0.1, 0.15) is 5.82 Å². The number of rotatable bonds is 6. The fraction of sp³-hybridized carbons (Fsp3) is 0.471. The van der Waals surface area contributed by atoms with Crippen LogP contribution in [0.15, 0.2) is 30.3 Å². The van der Waals surface area contributed by atoms with Crippen molar-refractivity contribution in [3.05, 3.63) is 41.7 Å². The van der Waals surface area contributed by atoms with Crippen molar-refractivity contribution in [1.29, 1.82) is 0 Å². The lowest BCUT2D eigenvalue weighted by atomic mass is 10.1. The largest absolute Gasteiger partial charge is 0.393 e. The van der Waals surface area contributed by atoms with E-state index < -0.39 is 0 Å². The smallest absolute Gasteiger partial charge is 0.243 e. The molecule has 1 saturated heterocycles. The van der Waals surface area contributed by atoms with Crippen molar-refractivity contribution >= 4 is 12.0 Å². The molecule has 4 nitrogen and oxygen atoms in total. The Labute approximate surface area is 130 Å². The van der Waals surface area contributed by atoms with E-state index >= 15 is 0 Å². The lowest BCUT2D eigenvalue weighted by Gasteiger charge is -2.29. The molecule has 2 rings (SSSR count). The molecule has 1 aromatic rings. The second-order valence-corrected chi connectivity index (χ2v) is 5.60. The first-order valence-electron chi connectivity index (χ1n) is 7.75. The van der Waals surface area contributed by atoms with Gasteiger partial charge in [0.15, 0.2) is 0 Å². The molecule has 22 heavy (non-hydrogen) atoms.